The van der Waals surface area contributed by atoms with Gasteiger partial charge in [0.05, 0.1) is 6.26 Å². The first-order valence-electron chi connectivity index (χ1n) is 6.34. The molecule has 0 aliphatic carbocycles. The summed E-state index contributed by atoms with van der Waals surface area (Å²) in [7, 11) is 0. The highest BCUT2D eigenvalue weighted by Gasteiger charge is 2.13. The van der Waals surface area contributed by atoms with Crippen LogP contribution in [0.5, 0.6) is 0 Å². The summed E-state index contributed by atoms with van der Waals surface area (Å²) in [5.41, 5.74) is 6.40. The fourth-order valence-electron chi connectivity index (χ4n) is 1.80. The van der Waals surface area contributed by atoms with Crippen molar-refractivity contribution in [3.8, 4) is 10.8 Å². The first kappa shape index (κ1) is 14.0. The van der Waals surface area contributed by atoms with Crippen LogP contribution in [0.3, 0.4) is 0 Å². The average Bonchev–Trinajstić information content (AvgIpc) is 3.19. The third kappa shape index (κ3) is 2.89. The highest BCUT2D eigenvalue weighted by molar-refractivity contribution is 7.13. The Hall–Kier alpha value is -2.93. The van der Waals surface area contributed by atoms with Gasteiger partial charge in [-0.1, -0.05) is 0 Å². The molecule has 0 atom stereocenters. The molecule has 0 radical (unpaired) electrons. The van der Waals surface area contributed by atoms with Crippen LogP contribution in [0.25, 0.3) is 10.8 Å². The van der Waals surface area contributed by atoms with Gasteiger partial charge < -0.3 is 15.5 Å². The molecule has 2 aromatic heterocycles. The number of carbonyl (C=O) groups excluding carboxylic acids is 2. The smallest absolute Gasteiger partial charge is 0.275 e. The van der Waals surface area contributed by atoms with Crippen LogP contribution >= 0.6 is 11.3 Å². The molecular formula is C15H11N3O3S. The normalized spacial score (nSPS) is 10.4. The summed E-state index contributed by atoms with van der Waals surface area (Å²) in [6.07, 6.45) is 1.55. The van der Waals surface area contributed by atoms with Crippen molar-refractivity contribution >= 4 is 28.8 Å². The molecular weight excluding hydrogens is 302 g/mol. The molecule has 0 fully saturated rings. The number of furan rings is 1. The van der Waals surface area contributed by atoms with Gasteiger partial charge in [0.1, 0.15) is 5.69 Å². The van der Waals surface area contributed by atoms with Gasteiger partial charge in [-0.05, 0) is 36.4 Å². The van der Waals surface area contributed by atoms with E-state index in [1.807, 2.05) is 0 Å². The van der Waals surface area contributed by atoms with Crippen LogP contribution in [0.1, 0.15) is 20.8 Å². The maximum atomic E-state index is 12.1. The molecule has 3 rings (SSSR count). The molecule has 0 saturated heterocycles. The third-order valence-electron chi connectivity index (χ3n) is 2.90. The zero-order valence-electron chi connectivity index (χ0n) is 11.3. The van der Waals surface area contributed by atoms with Crippen molar-refractivity contribution in [2.75, 3.05) is 5.32 Å². The van der Waals surface area contributed by atoms with Gasteiger partial charge in [0.15, 0.2) is 10.8 Å². The van der Waals surface area contributed by atoms with Crippen molar-refractivity contribution in [2.45, 2.75) is 0 Å². The minimum atomic E-state index is -0.513. The van der Waals surface area contributed by atoms with Gasteiger partial charge in [-0.2, -0.15) is 0 Å². The molecule has 0 aliphatic heterocycles. The Kier molecular flexibility index (Phi) is 3.71. The summed E-state index contributed by atoms with van der Waals surface area (Å²) in [6, 6.07) is 9.86. The van der Waals surface area contributed by atoms with E-state index < -0.39 is 5.91 Å². The van der Waals surface area contributed by atoms with E-state index in [1.54, 1.807) is 48.0 Å². The number of primary amides is 1. The fraction of sp³-hybridized carbons (Fsp3) is 0. The molecule has 2 amide bonds. The Bertz CT molecular complexity index is 807. The number of carbonyl (C=O) groups is 2. The van der Waals surface area contributed by atoms with Gasteiger partial charge in [-0.25, -0.2) is 4.98 Å². The number of nitrogens with zero attached hydrogens (tertiary/aromatic N) is 1. The predicted octanol–water partition coefficient (Wildman–Crippen LogP) is 2.75. The predicted molar refractivity (Wildman–Crippen MR) is 82.7 cm³/mol. The highest BCUT2D eigenvalue weighted by atomic mass is 32.1. The molecule has 3 N–H and O–H groups in total. The molecule has 0 spiro atoms. The van der Waals surface area contributed by atoms with Crippen LogP contribution in [0.4, 0.5) is 5.69 Å². The van der Waals surface area contributed by atoms with Crippen LogP contribution in [0, 0.1) is 0 Å². The van der Waals surface area contributed by atoms with Crippen molar-refractivity contribution in [1.29, 1.82) is 0 Å². The van der Waals surface area contributed by atoms with Gasteiger partial charge >= 0.3 is 0 Å². The van der Waals surface area contributed by atoms with Crippen LogP contribution in [0.2, 0.25) is 0 Å². The number of thiazole rings is 1. The van der Waals surface area contributed by atoms with Gasteiger partial charge in [-0.3, -0.25) is 9.59 Å². The summed E-state index contributed by atoms with van der Waals surface area (Å²) in [6.45, 7) is 0. The van der Waals surface area contributed by atoms with Gasteiger partial charge in [0.25, 0.3) is 5.91 Å². The number of nitrogens with two attached hydrogens (primary N) is 1. The van der Waals surface area contributed by atoms with Crippen molar-refractivity contribution in [3.63, 3.8) is 0 Å². The third-order valence-corrected chi connectivity index (χ3v) is 3.75. The van der Waals surface area contributed by atoms with E-state index in [4.69, 9.17) is 10.2 Å². The average molecular weight is 313 g/mol. The van der Waals surface area contributed by atoms with Crippen molar-refractivity contribution in [2.24, 2.45) is 5.73 Å². The largest absolute Gasteiger partial charge is 0.462 e. The lowest BCUT2D eigenvalue weighted by Gasteiger charge is -2.03. The van der Waals surface area contributed by atoms with Crippen LogP contribution in [-0.2, 0) is 0 Å². The summed E-state index contributed by atoms with van der Waals surface area (Å²) in [5.74, 6) is -0.226. The monoisotopic (exact) mass is 313 g/mol. The molecule has 3 aromatic rings. The molecule has 0 bridgehead atoms. The van der Waals surface area contributed by atoms with E-state index in [0.717, 1.165) is 0 Å². The fourth-order valence-corrected chi connectivity index (χ4v) is 2.57. The molecule has 2 heterocycles. The van der Waals surface area contributed by atoms with Crippen LogP contribution in [-0.4, -0.2) is 16.8 Å². The topological polar surface area (TPSA) is 98.2 Å². The van der Waals surface area contributed by atoms with E-state index in [-0.39, 0.29) is 5.91 Å². The van der Waals surface area contributed by atoms with E-state index in [0.29, 0.717) is 27.7 Å². The number of hydrogen-bond acceptors (Lipinski definition) is 5. The minimum Gasteiger partial charge on any atom is -0.462 e. The lowest BCUT2D eigenvalue weighted by molar-refractivity contribution is 0.0998. The number of aromatic nitrogens is 1. The quantitative estimate of drug-likeness (QED) is 0.773. The molecule has 110 valence electrons. The summed E-state index contributed by atoms with van der Waals surface area (Å²) < 4.78 is 5.24. The van der Waals surface area contributed by atoms with Gasteiger partial charge in [-0.15, -0.1) is 11.3 Å². The zero-order valence-corrected chi connectivity index (χ0v) is 12.1. The summed E-state index contributed by atoms with van der Waals surface area (Å²) in [5, 5.41) is 5.00. The summed E-state index contributed by atoms with van der Waals surface area (Å²) >= 11 is 1.33. The first-order chi connectivity index (χ1) is 10.6. The highest BCUT2D eigenvalue weighted by Crippen LogP contribution is 2.24. The molecule has 0 aliphatic rings. The van der Waals surface area contributed by atoms with Gasteiger partial charge in [0, 0.05) is 16.6 Å². The Morgan fingerprint density at radius 2 is 1.95 bits per heavy atom. The van der Waals surface area contributed by atoms with Gasteiger partial charge in [0.2, 0.25) is 5.91 Å². The van der Waals surface area contributed by atoms with E-state index in [9.17, 15) is 9.59 Å². The second-order valence-electron chi connectivity index (χ2n) is 4.41. The Morgan fingerprint density at radius 3 is 2.59 bits per heavy atom. The van der Waals surface area contributed by atoms with Crippen LogP contribution in [0.15, 0.2) is 52.5 Å². The number of nitrogens with one attached hydrogen (secondary N) is 1. The molecule has 7 heteroatoms. The maximum Gasteiger partial charge on any atom is 0.275 e. The van der Waals surface area contributed by atoms with E-state index in [1.165, 1.54) is 11.3 Å². The molecule has 6 nitrogen and oxygen atoms in total. The lowest BCUT2D eigenvalue weighted by atomic mass is 10.2. The standard InChI is InChI=1S/C15H11N3O3S/c16-13(19)9-3-5-10(6-4-9)17-14(20)11-8-22-15(18-11)12-2-1-7-21-12/h1-8H,(H2,16,19)(H,17,20). The first-order valence-corrected chi connectivity index (χ1v) is 7.22. The van der Waals surface area contributed by atoms with E-state index in [2.05, 4.69) is 10.3 Å². The Morgan fingerprint density at radius 1 is 1.18 bits per heavy atom. The number of hydrogen-bond donors (Lipinski definition) is 2. The Labute approximate surface area is 129 Å². The number of benzene rings is 1. The SMILES string of the molecule is NC(=O)c1ccc(NC(=O)c2csc(-c3ccco3)n2)cc1. The Balaban J connectivity index is 1.73. The second-order valence-corrected chi connectivity index (χ2v) is 5.27. The maximum absolute atomic E-state index is 12.1. The molecule has 0 saturated carbocycles. The van der Waals surface area contributed by atoms with Crippen molar-refractivity contribution in [3.05, 3.63) is 59.3 Å². The molecule has 22 heavy (non-hydrogen) atoms. The zero-order chi connectivity index (χ0) is 15.5. The summed E-state index contributed by atoms with van der Waals surface area (Å²) in [4.78, 5) is 27.3. The lowest BCUT2D eigenvalue weighted by Crippen LogP contribution is -2.13. The van der Waals surface area contributed by atoms with E-state index >= 15 is 0 Å². The number of amides is 2. The van der Waals surface area contributed by atoms with Crippen molar-refractivity contribution in [1.82, 2.24) is 4.98 Å². The molecule has 1 aromatic carbocycles. The number of anilines is 1. The minimum absolute atomic E-state index is 0.301. The number of rotatable bonds is 4. The van der Waals surface area contributed by atoms with Crippen LogP contribution < -0.4 is 11.1 Å². The van der Waals surface area contributed by atoms with Crippen molar-refractivity contribution < 1.29 is 14.0 Å². The molecule has 0 unspecified atom stereocenters. The second kappa shape index (κ2) is 5.82.